The lowest BCUT2D eigenvalue weighted by molar-refractivity contribution is 1.07. The second kappa shape index (κ2) is 7.33. The molecule has 0 saturated carbocycles. The van der Waals surface area contributed by atoms with E-state index in [2.05, 4.69) is 25.6 Å². The first kappa shape index (κ1) is 16.3. The molecule has 3 rings (SSSR count). The minimum absolute atomic E-state index is 0.387. The zero-order valence-electron chi connectivity index (χ0n) is 12.5. The second-order valence-electron chi connectivity index (χ2n) is 4.93. The first-order valence-corrected chi connectivity index (χ1v) is 7.85. The third-order valence-corrected chi connectivity index (χ3v) is 4.09. The predicted molar refractivity (Wildman–Crippen MR) is 97.8 cm³/mol. The zero-order chi connectivity index (χ0) is 16.9. The first-order valence-electron chi connectivity index (χ1n) is 7.09. The lowest BCUT2D eigenvalue weighted by atomic mass is 10.3. The molecule has 0 aliphatic heterocycles. The Morgan fingerprint density at radius 2 is 1.88 bits per heavy atom. The van der Waals surface area contributed by atoms with Crippen molar-refractivity contribution >= 4 is 46.2 Å². The van der Waals surface area contributed by atoms with Gasteiger partial charge in [0.25, 0.3) is 0 Å². The van der Waals surface area contributed by atoms with Crippen LogP contribution in [0, 0.1) is 0 Å². The van der Waals surface area contributed by atoms with Gasteiger partial charge >= 0.3 is 0 Å². The highest BCUT2D eigenvalue weighted by atomic mass is 35.5. The number of pyridine rings is 1. The SMILES string of the molecule is Nc1c(NCc2cccnc2)ncnc1Nc1cccc(Cl)c1Cl. The Kier molecular flexibility index (Phi) is 4.98. The van der Waals surface area contributed by atoms with Crippen LogP contribution in [0.1, 0.15) is 5.56 Å². The van der Waals surface area contributed by atoms with Gasteiger partial charge in [0, 0.05) is 18.9 Å². The summed E-state index contributed by atoms with van der Waals surface area (Å²) in [6, 6.07) is 9.12. The molecule has 24 heavy (non-hydrogen) atoms. The maximum Gasteiger partial charge on any atom is 0.159 e. The number of hydrogen-bond acceptors (Lipinski definition) is 6. The molecule has 0 atom stereocenters. The van der Waals surface area contributed by atoms with E-state index >= 15 is 0 Å². The van der Waals surface area contributed by atoms with Gasteiger partial charge in [-0.15, -0.1) is 0 Å². The number of nitrogens with zero attached hydrogens (tertiary/aromatic N) is 3. The van der Waals surface area contributed by atoms with E-state index in [-0.39, 0.29) is 0 Å². The molecule has 0 saturated heterocycles. The molecule has 122 valence electrons. The zero-order valence-corrected chi connectivity index (χ0v) is 14.0. The van der Waals surface area contributed by atoms with Crippen LogP contribution in [0.15, 0.2) is 49.1 Å². The Balaban J connectivity index is 1.79. The molecule has 2 aromatic heterocycles. The summed E-state index contributed by atoms with van der Waals surface area (Å²) >= 11 is 12.2. The van der Waals surface area contributed by atoms with Crippen molar-refractivity contribution in [3.8, 4) is 0 Å². The van der Waals surface area contributed by atoms with Gasteiger partial charge in [0.2, 0.25) is 0 Å². The van der Waals surface area contributed by atoms with Crippen molar-refractivity contribution < 1.29 is 0 Å². The number of nitrogen functional groups attached to an aromatic ring is 1. The molecule has 0 fully saturated rings. The Hall–Kier alpha value is -2.57. The minimum Gasteiger partial charge on any atom is -0.393 e. The summed E-state index contributed by atoms with van der Waals surface area (Å²) in [6.45, 7) is 0.548. The summed E-state index contributed by atoms with van der Waals surface area (Å²) in [5, 5.41) is 7.09. The monoisotopic (exact) mass is 360 g/mol. The number of nitrogens with one attached hydrogen (secondary N) is 2. The van der Waals surface area contributed by atoms with Crippen LogP contribution in [0.25, 0.3) is 0 Å². The van der Waals surface area contributed by atoms with Crippen molar-refractivity contribution in [1.29, 1.82) is 0 Å². The summed E-state index contributed by atoms with van der Waals surface area (Å²) in [4.78, 5) is 12.4. The van der Waals surface area contributed by atoms with Crippen LogP contribution in [0.4, 0.5) is 23.0 Å². The number of nitrogens with two attached hydrogens (primary N) is 1. The normalized spacial score (nSPS) is 10.4. The lowest BCUT2D eigenvalue weighted by Gasteiger charge is -2.13. The van der Waals surface area contributed by atoms with Crippen molar-refractivity contribution in [1.82, 2.24) is 15.0 Å². The Morgan fingerprint density at radius 1 is 1.04 bits per heavy atom. The van der Waals surface area contributed by atoms with E-state index in [9.17, 15) is 0 Å². The van der Waals surface area contributed by atoms with E-state index in [1.165, 1.54) is 6.33 Å². The predicted octanol–water partition coefficient (Wildman–Crippen LogP) is 4.12. The third-order valence-electron chi connectivity index (χ3n) is 3.27. The molecule has 6 nitrogen and oxygen atoms in total. The summed E-state index contributed by atoms with van der Waals surface area (Å²) in [6.07, 6.45) is 4.91. The van der Waals surface area contributed by atoms with Gasteiger partial charge in [0.15, 0.2) is 11.6 Å². The number of benzene rings is 1. The van der Waals surface area contributed by atoms with Crippen molar-refractivity contribution in [3.63, 3.8) is 0 Å². The molecule has 4 N–H and O–H groups in total. The van der Waals surface area contributed by atoms with Crippen LogP contribution >= 0.6 is 23.2 Å². The van der Waals surface area contributed by atoms with Gasteiger partial charge in [-0.2, -0.15) is 0 Å². The molecule has 0 aliphatic rings. The van der Waals surface area contributed by atoms with Crippen LogP contribution < -0.4 is 16.4 Å². The standard InChI is InChI=1S/C16H14Cl2N6/c17-11-4-1-5-12(13(11)18)24-16-14(19)15(22-9-23-16)21-8-10-3-2-6-20-7-10/h1-7,9H,8,19H2,(H2,21,22,23,24). The quantitative estimate of drug-likeness (QED) is 0.634. The number of rotatable bonds is 5. The largest absolute Gasteiger partial charge is 0.393 e. The summed E-state index contributed by atoms with van der Waals surface area (Å²) < 4.78 is 0. The summed E-state index contributed by atoms with van der Waals surface area (Å²) in [5.74, 6) is 0.970. The summed E-state index contributed by atoms with van der Waals surface area (Å²) in [7, 11) is 0. The van der Waals surface area contributed by atoms with Crippen molar-refractivity contribution in [2.45, 2.75) is 6.54 Å². The van der Waals surface area contributed by atoms with E-state index in [0.717, 1.165) is 5.56 Å². The molecule has 0 aliphatic carbocycles. The van der Waals surface area contributed by atoms with E-state index in [1.54, 1.807) is 30.6 Å². The number of aromatic nitrogens is 3. The van der Waals surface area contributed by atoms with Gasteiger partial charge in [-0.1, -0.05) is 35.3 Å². The van der Waals surface area contributed by atoms with Gasteiger partial charge in [-0.3, -0.25) is 4.98 Å². The molecular weight excluding hydrogens is 347 g/mol. The highest BCUT2D eigenvalue weighted by Crippen LogP contribution is 2.33. The molecular formula is C16H14Cl2N6. The summed E-state index contributed by atoms with van der Waals surface area (Å²) in [5.41, 5.74) is 8.16. The molecule has 2 heterocycles. The molecule has 1 aromatic carbocycles. The molecule has 0 bridgehead atoms. The highest BCUT2D eigenvalue weighted by molar-refractivity contribution is 6.43. The van der Waals surface area contributed by atoms with Gasteiger partial charge in [0.1, 0.15) is 12.0 Å². The van der Waals surface area contributed by atoms with Crippen LogP contribution in [-0.4, -0.2) is 15.0 Å². The lowest BCUT2D eigenvalue weighted by Crippen LogP contribution is -2.08. The van der Waals surface area contributed by atoms with E-state index in [4.69, 9.17) is 28.9 Å². The molecule has 0 spiro atoms. The average Bonchev–Trinajstić information content (AvgIpc) is 2.60. The number of anilines is 4. The van der Waals surface area contributed by atoms with Crippen LogP contribution in [-0.2, 0) is 6.54 Å². The first-order chi connectivity index (χ1) is 11.6. The molecule has 3 aromatic rings. The van der Waals surface area contributed by atoms with E-state index < -0.39 is 0 Å². The van der Waals surface area contributed by atoms with Gasteiger partial charge < -0.3 is 16.4 Å². The maximum absolute atomic E-state index is 6.18. The molecule has 0 amide bonds. The molecule has 0 unspecified atom stereocenters. The van der Waals surface area contributed by atoms with Crippen molar-refractivity contribution in [2.24, 2.45) is 0 Å². The van der Waals surface area contributed by atoms with E-state index in [1.807, 2.05) is 12.1 Å². The van der Waals surface area contributed by atoms with Crippen molar-refractivity contribution in [3.05, 3.63) is 64.7 Å². The van der Waals surface area contributed by atoms with Crippen LogP contribution in [0.3, 0.4) is 0 Å². The van der Waals surface area contributed by atoms with E-state index in [0.29, 0.717) is 39.6 Å². The minimum atomic E-state index is 0.387. The van der Waals surface area contributed by atoms with Crippen molar-refractivity contribution in [2.75, 3.05) is 16.4 Å². The Bertz CT molecular complexity index is 841. The van der Waals surface area contributed by atoms with Crippen LogP contribution in [0.5, 0.6) is 0 Å². The van der Waals surface area contributed by atoms with Gasteiger partial charge in [0.05, 0.1) is 15.7 Å². The number of hydrogen-bond donors (Lipinski definition) is 3. The van der Waals surface area contributed by atoms with Gasteiger partial charge in [-0.25, -0.2) is 9.97 Å². The average molecular weight is 361 g/mol. The fraction of sp³-hybridized carbons (Fsp3) is 0.0625. The second-order valence-corrected chi connectivity index (χ2v) is 5.71. The fourth-order valence-electron chi connectivity index (χ4n) is 2.05. The topological polar surface area (TPSA) is 88.8 Å². The maximum atomic E-state index is 6.18. The van der Waals surface area contributed by atoms with Gasteiger partial charge in [-0.05, 0) is 23.8 Å². The molecule has 0 radical (unpaired) electrons. The Morgan fingerprint density at radius 3 is 2.67 bits per heavy atom. The van der Waals surface area contributed by atoms with Crippen LogP contribution in [0.2, 0.25) is 10.0 Å². The highest BCUT2D eigenvalue weighted by Gasteiger charge is 2.11. The third kappa shape index (κ3) is 3.67. The Labute approximate surface area is 149 Å². The molecule has 8 heteroatoms. The fourth-order valence-corrected chi connectivity index (χ4v) is 2.40. The smallest absolute Gasteiger partial charge is 0.159 e. The number of halogens is 2.